The molecule has 0 aliphatic carbocycles. The van der Waals surface area contributed by atoms with Crippen LogP contribution >= 0.6 is 0 Å². The minimum absolute atomic E-state index is 0.194. The molecule has 7 heteroatoms. The molecule has 1 amide bonds. The molecule has 1 N–H and O–H groups in total. The summed E-state index contributed by atoms with van der Waals surface area (Å²) in [5.74, 6) is 1.64. The van der Waals surface area contributed by atoms with Gasteiger partial charge in [0.05, 0.1) is 5.69 Å². The summed E-state index contributed by atoms with van der Waals surface area (Å²) in [5, 5.41) is 7.78. The normalized spacial score (nSPS) is 21.1. The van der Waals surface area contributed by atoms with E-state index in [9.17, 15) is 4.79 Å². The number of hydrogen-bond donors (Lipinski definition) is 1. The van der Waals surface area contributed by atoms with Crippen molar-refractivity contribution in [3.05, 3.63) is 23.5 Å². The summed E-state index contributed by atoms with van der Waals surface area (Å²) in [6.45, 7) is 9.77. The lowest BCUT2D eigenvalue weighted by molar-refractivity contribution is -0.133. The van der Waals surface area contributed by atoms with E-state index < -0.39 is 0 Å². The van der Waals surface area contributed by atoms with Gasteiger partial charge in [0.1, 0.15) is 11.4 Å². The van der Waals surface area contributed by atoms with Crippen LogP contribution in [0.25, 0.3) is 5.65 Å². The highest BCUT2D eigenvalue weighted by atomic mass is 16.2. The van der Waals surface area contributed by atoms with Gasteiger partial charge in [-0.3, -0.25) is 9.69 Å². The Morgan fingerprint density at radius 2 is 1.93 bits per heavy atom. The van der Waals surface area contributed by atoms with E-state index in [2.05, 4.69) is 47.2 Å². The van der Waals surface area contributed by atoms with Gasteiger partial charge in [0.25, 0.3) is 0 Å². The molecule has 0 unspecified atom stereocenters. The van der Waals surface area contributed by atoms with Gasteiger partial charge in [-0.2, -0.15) is 9.61 Å². The Bertz CT molecular complexity index is 850. The lowest BCUT2D eigenvalue weighted by Crippen LogP contribution is -2.61. The average Bonchev–Trinajstić information content (AvgIpc) is 2.98. The summed E-state index contributed by atoms with van der Waals surface area (Å²) >= 11 is 0. The number of fused-ring (bicyclic) bond motifs is 1. The van der Waals surface area contributed by atoms with Gasteiger partial charge >= 0.3 is 0 Å². The third-order valence-electron chi connectivity index (χ3n) is 6.17. The van der Waals surface area contributed by atoms with Gasteiger partial charge in [-0.15, -0.1) is 0 Å². The van der Waals surface area contributed by atoms with Gasteiger partial charge in [-0.05, 0) is 39.2 Å². The van der Waals surface area contributed by atoms with Gasteiger partial charge in [0, 0.05) is 44.0 Å². The van der Waals surface area contributed by atoms with Crippen molar-refractivity contribution in [2.45, 2.75) is 51.5 Å². The van der Waals surface area contributed by atoms with E-state index in [1.54, 1.807) is 0 Å². The molecule has 1 spiro atoms. The first-order valence-corrected chi connectivity index (χ1v) is 10.0. The van der Waals surface area contributed by atoms with Crippen molar-refractivity contribution < 1.29 is 4.79 Å². The summed E-state index contributed by atoms with van der Waals surface area (Å²) in [7, 11) is 2.10. The second-order valence-corrected chi connectivity index (χ2v) is 8.30. The van der Waals surface area contributed by atoms with E-state index >= 15 is 0 Å². The first-order chi connectivity index (χ1) is 12.9. The van der Waals surface area contributed by atoms with Crippen molar-refractivity contribution in [3.8, 4) is 0 Å². The maximum absolute atomic E-state index is 12.8. The van der Waals surface area contributed by atoms with Crippen LogP contribution in [-0.4, -0.2) is 64.2 Å². The third kappa shape index (κ3) is 3.08. The largest absolute Gasteiger partial charge is 0.356 e. The number of amides is 1. The van der Waals surface area contributed by atoms with Crippen LogP contribution in [0.4, 0.5) is 5.82 Å². The van der Waals surface area contributed by atoms with Crippen LogP contribution in [0.3, 0.4) is 0 Å². The van der Waals surface area contributed by atoms with Crippen LogP contribution in [0, 0.1) is 6.92 Å². The number of likely N-dealkylation sites (N-methyl/N-ethyl adjacent to an activating group) is 1. The first-order valence-electron chi connectivity index (χ1n) is 10.0. The standard InChI is InChI=1S/C20H30N6O/c1-14(2)16-13-18(26-17(22-16)12-15(3)23-26)25-10-6-20(7-11-25)19(27)21-8-5-9-24(20)4/h12-14H,5-11H2,1-4H3,(H,21,27). The number of aromatic nitrogens is 3. The predicted octanol–water partition coefficient (Wildman–Crippen LogP) is 1.95. The number of nitrogens with zero attached hydrogens (tertiary/aromatic N) is 5. The summed E-state index contributed by atoms with van der Waals surface area (Å²) in [6.07, 6.45) is 2.68. The zero-order valence-corrected chi connectivity index (χ0v) is 16.8. The van der Waals surface area contributed by atoms with Crippen LogP contribution in [0.15, 0.2) is 12.1 Å². The van der Waals surface area contributed by atoms with Crippen molar-refractivity contribution in [2.24, 2.45) is 0 Å². The molecule has 4 heterocycles. The Hall–Kier alpha value is -2.15. The lowest BCUT2D eigenvalue weighted by Gasteiger charge is -2.45. The van der Waals surface area contributed by atoms with Crippen LogP contribution in [-0.2, 0) is 4.79 Å². The Labute approximate surface area is 160 Å². The topological polar surface area (TPSA) is 65.8 Å². The van der Waals surface area contributed by atoms with Crippen molar-refractivity contribution in [2.75, 3.05) is 38.1 Å². The Kier molecular flexibility index (Phi) is 4.58. The number of aryl methyl sites for hydroxylation is 1. The van der Waals surface area contributed by atoms with E-state index in [4.69, 9.17) is 4.98 Å². The minimum Gasteiger partial charge on any atom is -0.356 e. The van der Waals surface area contributed by atoms with Gasteiger partial charge in [0.2, 0.25) is 5.91 Å². The molecule has 2 aliphatic rings. The molecule has 0 atom stereocenters. The molecule has 2 aromatic heterocycles. The molecule has 146 valence electrons. The molecule has 27 heavy (non-hydrogen) atoms. The van der Waals surface area contributed by atoms with Crippen molar-refractivity contribution in [1.82, 2.24) is 24.8 Å². The molecule has 4 rings (SSSR count). The van der Waals surface area contributed by atoms with E-state index in [1.165, 1.54) is 0 Å². The van der Waals surface area contributed by atoms with Crippen LogP contribution in [0.1, 0.15) is 50.4 Å². The number of anilines is 1. The van der Waals surface area contributed by atoms with Gasteiger partial charge < -0.3 is 10.2 Å². The Morgan fingerprint density at radius 3 is 2.63 bits per heavy atom. The van der Waals surface area contributed by atoms with Crippen molar-refractivity contribution in [3.63, 3.8) is 0 Å². The Balaban J connectivity index is 1.65. The number of hydrogen-bond acceptors (Lipinski definition) is 5. The maximum Gasteiger partial charge on any atom is 0.240 e. The van der Waals surface area contributed by atoms with E-state index in [1.807, 2.05) is 17.5 Å². The highest BCUT2D eigenvalue weighted by Crippen LogP contribution is 2.33. The predicted molar refractivity (Wildman–Crippen MR) is 106 cm³/mol. The van der Waals surface area contributed by atoms with Crippen molar-refractivity contribution in [1.29, 1.82) is 0 Å². The van der Waals surface area contributed by atoms with E-state index in [-0.39, 0.29) is 11.4 Å². The minimum atomic E-state index is -0.375. The first kappa shape index (κ1) is 18.2. The molecule has 0 aromatic carbocycles. The number of piperidine rings is 1. The highest BCUT2D eigenvalue weighted by Gasteiger charge is 2.45. The molecular weight excluding hydrogens is 340 g/mol. The summed E-state index contributed by atoms with van der Waals surface area (Å²) in [4.78, 5) is 22.2. The zero-order chi connectivity index (χ0) is 19.2. The summed E-state index contributed by atoms with van der Waals surface area (Å²) in [5.41, 5.74) is 2.58. The number of carbonyl (C=O) groups is 1. The van der Waals surface area contributed by atoms with Crippen LogP contribution < -0.4 is 10.2 Å². The van der Waals surface area contributed by atoms with Gasteiger partial charge in [-0.1, -0.05) is 13.8 Å². The molecule has 0 saturated carbocycles. The highest BCUT2D eigenvalue weighted by molar-refractivity contribution is 5.87. The molecule has 2 aliphatic heterocycles. The number of carbonyl (C=O) groups excluding carboxylic acids is 1. The second kappa shape index (κ2) is 6.78. The van der Waals surface area contributed by atoms with Crippen LogP contribution in [0.5, 0.6) is 0 Å². The molecular formula is C20H30N6O. The second-order valence-electron chi connectivity index (χ2n) is 8.30. The molecule has 7 nitrogen and oxygen atoms in total. The molecule has 2 fully saturated rings. The quantitative estimate of drug-likeness (QED) is 0.875. The fraction of sp³-hybridized carbons (Fsp3) is 0.650. The molecule has 2 aromatic rings. The SMILES string of the molecule is Cc1cc2nc(C(C)C)cc(N3CCC4(CC3)C(=O)NCCCN4C)n2n1. The molecule has 2 saturated heterocycles. The fourth-order valence-corrected chi connectivity index (χ4v) is 4.40. The zero-order valence-electron chi connectivity index (χ0n) is 16.8. The fourth-order valence-electron chi connectivity index (χ4n) is 4.40. The summed E-state index contributed by atoms with van der Waals surface area (Å²) < 4.78 is 1.95. The molecule has 0 radical (unpaired) electrons. The van der Waals surface area contributed by atoms with Crippen molar-refractivity contribution >= 4 is 17.4 Å². The smallest absolute Gasteiger partial charge is 0.240 e. The maximum atomic E-state index is 12.8. The third-order valence-corrected chi connectivity index (χ3v) is 6.17. The number of rotatable bonds is 2. The van der Waals surface area contributed by atoms with Crippen LogP contribution in [0.2, 0.25) is 0 Å². The van der Waals surface area contributed by atoms with Gasteiger partial charge in [-0.25, -0.2) is 4.98 Å². The molecule has 0 bridgehead atoms. The monoisotopic (exact) mass is 370 g/mol. The number of nitrogens with one attached hydrogen (secondary N) is 1. The van der Waals surface area contributed by atoms with E-state index in [0.29, 0.717) is 5.92 Å². The average molecular weight is 371 g/mol. The van der Waals surface area contributed by atoms with Gasteiger partial charge in [0.15, 0.2) is 5.65 Å². The summed E-state index contributed by atoms with van der Waals surface area (Å²) in [6, 6.07) is 4.20. The lowest BCUT2D eigenvalue weighted by atomic mass is 9.85. The Morgan fingerprint density at radius 1 is 1.19 bits per heavy atom. The van der Waals surface area contributed by atoms with E-state index in [0.717, 1.165) is 68.3 Å².